The highest BCUT2D eigenvalue weighted by Crippen LogP contribution is 2.19. The van der Waals surface area contributed by atoms with Crippen molar-refractivity contribution in [3.8, 4) is 0 Å². The summed E-state index contributed by atoms with van der Waals surface area (Å²) >= 11 is 0. The third kappa shape index (κ3) is 1.89. The van der Waals surface area contributed by atoms with E-state index in [2.05, 4.69) is 4.74 Å². The smallest absolute Gasteiger partial charge is 0.409 e. The lowest BCUT2D eigenvalue weighted by Crippen LogP contribution is -2.55. The number of aliphatic hydroxyl groups is 1. The highest BCUT2D eigenvalue weighted by Gasteiger charge is 2.39. The summed E-state index contributed by atoms with van der Waals surface area (Å²) in [7, 11) is 1.25. The van der Waals surface area contributed by atoms with Gasteiger partial charge in [0.2, 0.25) is 0 Å². The van der Waals surface area contributed by atoms with Crippen molar-refractivity contribution < 1.29 is 24.5 Å². The number of rotatable bonds is 2. The number of aliphatic hydroxyl groups excluding tert-OH is 1. The van der Waals surface area contributed by atoms with Gasteiger partial charge in [0.25, 0.3) is 0 Å². The number of hydrogen-bond acceptors (Lipinski definition) is 4. The molecule has 0 aliphatic carbocycles. The summed E-state index contributed by atoms with van der Waals surface area (Å²) in [6.07, 6.45) is -1.88. The third-order valence-electron chi connectivity index (χ3n) is 2.04. The molecule has 1 fully saturated rings. The molecule has 6 nitrogen and oxygen atoms in total. The first-order valence-corrected chi connectivity index (χ1v) is 3.80. The molecule has 0 aromatic rings. The van der Waals surface area contributed by atoms with E-state index in [1.807, 2.05) is 0 Å². The van der Waals surface area contributed by atoms with Gasteiger partial charge in [-0.1, -0.05) is 0 Å². The number of hydrogen-bond donors (Lipinski definition) is 2. The highest BCUT2D eigenvalue weighted by molar-refractivity contribution is 5.74. The quantitative estimate of drug-likeness (QED) is 0.589. The van der Waals surface area contributed by atoms with Gasteiger partial charge in [-0.25, -0.2) is 9.59 Å². The minimum absolute atomic E-state index is 0.236. The van der Waals surface area contributed by atoms with Crippen LogP contribution in [0.2, 0.25) is 0 Å². The number of methoxy groups -OCH3 is 1. The zero-order valence-electron chi connectivity index (χ0n) is 7.14. The number of ether oxygens (including phenoxy) is 1. The van der Waals surface area contributed by atoms with Crippen molar-refractivity contribution in [3.63, 3.8) is 0 Å². The number of carboxylic acid groups (broad SMARTS) is 1. The van der Waals surface area contributed by atoms with Gasteiger partial charge in [0.1, 0.15) is 0 Å². The fourth-order valence-corrected chi connectivity index (χ4v) is 1.19. The molecule has 6 heteroatoms. The number of carbonyl (C=O) groups excluding carboxylic acids is 1. The molecule has 1 unspecified atom stereocenters. The molecule has 0 bridgehead atoms. The lowest BCUT2D eigenvalue weighted by Gasteiger charge is -2.39. The van der Waals surface area contributed by atoms with Crippen LogP contribution in [-0.2, 0) is 9.53 Å². The van der Waals surface area contributed by atoms with E-state index < -0.39 is 18.2 Å². The second kappa shape index (κ2) is 3.61. The van der Waals surface area contributed by atoms with E-state index in [1.54, 1.807) is 0 Å². The summed E-state index contributed by atoms with van der Waals surface area (Å²) in [5.74, 6) is -1.63. The van der Waals surface area contributed by atoms with Crippen LogP contribution in [0.1, 0.15) is 0 Å². The minimum atomic E-state index is -1.39. The Morgan fingerprint density at radius 1 is 1.54 bits per heavy atom. The maximum Gasteiger partial charge on any atom is 0.409 e. The monoisotopic (exact) mass is 189 g/mol. The average molecular weight is 189 g/mol. The molecule has 1 amide bonds. The van der Waals surface area contributed by atoms with Gasteiger partial charge in [0.15, 0.2) is 6.10 Å². The van der Waals surface area contributed by atoms with Crippen molar-refractivity contribution in [2.24, 2.45) is 5.92 Å². The first-order chi connectivity index (χ1) is 6.06. The SMILES string of the molecule is COC(=O)N1CC(C(O)C(=O)O)C1. The number of aliphatic carboxylic acids is 1. The van der Waals surface area contributed by atoms with Crippen molar-refractivity contribution in [2.45, 2.75) is 6.10 Å². The van der Waals surface area contributed by atoms with E-state index in [0.717, 1.165) is 0 Å². The van der Waals surface area contributed by atoms with Crippen LogP contribution < -0.4 is 0 Å². The normalized spacial score (nSPS) is 19.1. The summed E-state index contributed by atoms with van der Waals surface area (Å²) in [6.45, 7) is 0.473. The Morgan fingerprint density at radius 3 is 2.46 bits per heavy atom. The molecule has 1 aliphatic rings. The number of carboxylic acids is 1. The number of amides is 1. The van der Waals surface area contributed by atoms with Crippen LogP contribution in [0.15, 0.2) is 0 Å². The van der Waals surface area contributed by atoms with Crippen molar-refractivity contribution in [1.29, 1.82) is 0 Å². The Labute approximate surface area is 74.7 Å². The maximum absolute atomic E-state index is 10.8. The summed E-state index contributed by atoms with van der Waals surface area (Å²) in [5, 5.41) is 17.5. The van der Waals surface area contributed by atoms with Gasteiger partial charge < -0.3 is 19.8 Å². The lowest BCUT2D eigenvalue weighted by atomic mass is 9.94. The molecule has 1 saturated heterocycles. The molecule has 1 heterocycles. The second-order valence-corrected chi connectivity index (χ2v) is 2.92. The zero-order valence-corrected chi connectivity index (χ0v) is 7.14. The van der Waals surface area contributed by atoms with Crippen LogP contribution in [0.25, 0.3) is 0 Å². The van der Waals surface area contributed by atoms with Gasteiger partial charge in [-0.05, 0) is 0 Å². The molecule has 0 aromatic heterocycles. The summed E-state index contributed by atoms with van der Waals surface area (Å²) < 4.78 is 4.40. The highest BCUT2D eigenvalue weighted by atomic mass is 16.5. The molecule has 0 radical (unpaired) electrons. The minimum Gasteiger partial charge on any atom is -0.479 e. The van der Waals surface area contributed by atoms with Crippen LogP contribution in [0.4, 0.5) is 4.79 Å². The van der Waals surface area contributed by atoms with E-state index in [4.69, 9.17) is 10.2 Å². The van der Waals surface area contributed by atoms with Gasteiger partial charge in [0.05, 0.1) is 7.11 Å². The molecule has 1 atom stereocenters. The molecule has 74 valence electrons. The second-order valence-electron chi connectivity index (χ2n) is 2.92. The molecule has 0 aromatic carbocycles. The van der Waals surface area contributed by atoms with E-state index in [9.17, 15) is 9.59 Å². The summed E-state index contributed by atoms with van der Waals surface area (Å²) in [6, 6.07) is 0. The van der Waals surface area contributed by atoms with Gasteiger partial charge in [-0.15, -0.1) is 0 Å². The number of carbonyl (C=O) groups is 2. The molecule has 1 rings (SSSR count). The number of likely N-dealkylation sites (tertiary alicyclic amines) is 1. The molecule has 1 aliphatic heterocycles. The Morgan fingerprint density at radius 2 is 2.08 bits per heavy atom. The van der Waals surface area contributed by atoms with Gasteiger partial charge in [-0.2, -0.15) is 0 Å². The van der Waals surface area contributed by atoms with Crippen LogP contribution in [0.3, 0.4) is 0 Å². The van der Waals surface area contributed by atoms with E-state index in [-0.39, 0.29) is 19.0 Å². The standard InChI is InChI=1S/C7H11NO5/c1-13-7(12)8-2-4(3-8)5(9)6(10)11/h4-5,9H,2-3H2,1H3,(H,10,11). The molecule has 13 heavy (non-hydrogen) atoms. The van der Waals surface area contributed by atoms with Crippen LogP contribution in [-0.4, -0.2) is 53.5 Å². The zero-order chi connectivity index (χ0) is 10.0. The third-order valence-corrected chi connectivity index (χ3v) is 2.04. The van der Waals surface area contributed by atoms with Crippen molar-refractivity contribution in [2.75, 3.05) is 20.2 Å². The Hall–Kier alpha value is -1.30. The largest absolute Gasteiger partial charge is 0.479 e. The molecule has 2 N–H and O–H groups in total. The van der Waals surface area contributed by atoms with E-state index >= 15 is 0 Å². The van der Waals surface area contributed by atoms with E-state index in [0.29, 0.717) is 0 Å². The van der Waals surface area contributed by atoms with Crippen LogP contribution >= 0.6 is 0 Å². The molecular formula is C7H11NO5. The predicted molar refractivity (Wildman–Crippen MR) is 41.1 cm³/mol. The topological polar surface area (TPSA) is 87.1 Å². The summed E-state index contributed by atoms with van der Waals surface area (Å²) in [5.41, 5.74) is 0. The lowest BCUT2D eigenvalue weighted by molar-refractivity contribution is -0.153. The van der Waals surface area contributed by atoms with Gasteiger partial charge in [-0.3, -0.25) is 0 Å². The molecule has 0 spiro atoms. The maximum atomic E-state index is 10.8. The first kappa shape index (κ1) is 9.79. The fraction of sp³-hybridized carbons (Fsp3) is 0.714. The van der Waals surface area contributed by atoms with Gasteiger partial charge in [0, 0.05) is 19.0 Å². The fourth-order valence-electron chi connectivity index (χ4n) is 1.19. The van der Waals surface area contributed by atoms with Crippen molar-refractivity contribution >= 4 is 12.1 Å². The molecular weight excluding hydrogens is 178 g/mol. The Bertz CT molecular complexity index is 223. The van der Waals surface area contributed by atoms with Crippen LogP contribution in [0.5, 0.6) is 0 Å². The van der Waals surface area contributed by atoms with Gasteiger partial charge >= 0.3 is 12.1 Å². The summed E-state index contributed by atoms with van der Waals surface area (Å²) in [4.78, 5) is 22.4. The number of nitrogens with zero attached hydrogens (tertiary/aromatic N) is 1. The van der Waals surface area contributed by atoms with Crippen molar-refractivity contribution in [3.05, 3.63) is 0 Å². The van der Waals surface area contributed by atoms with Crippen LogP contribution in [0, 0.1) is 5.92 Å². The molecule has 0 saturated carbocycles. The Kier molecular flexibility index (Phi) is 2.72. The predicted octanol–water partition coefficient (Wildman–Crippen LogP) is -0.870. The Balaban J connectivity index is 2.33. The average Bonchev–Trinajstić information content (AvgIpc) is 2.00. The first-order valence-electron chi connectivity index (χ1n) is 3.80. The van der Waals surface area contributed by atoms with E-state index in [1.165, 1.54) is 12.0 Å². The van der Waals surface area contributed by atoms with Crippen molar-refractivity contribution in [1.82, 2.24) is 4.90 Å².